The smallest absolute Gasteiger partial charge is 0.315 e. The fraction of sp³-hybridized carbons (Fsp3) is 0.500. The molecule has 1 unspecified atom stereocenters. The van der Waals surface area contributed by atoms with Crippen molar-refractivity contribution in [2.24, 2.45) is 5.92 Å². The summed E-state index contributed by atoms with van der Waals surface area (Å²) in [7, 11) is 0. The van der Waals surface area contributed by atoms with E-state index < -0.39 is 11.9 Å². The van der Waals surface area contributed by atoms with Gasteiger partial charge in [-0.1, -0.05) is 23.7 Å². The Bertz CT molecular complexity index is 559. The van der Waals surface area contributed by atoms with E-state index >= 15 is 0 Å². The van der Waals surface area contributed by atoms with Gasteiger partial charge in [0, 0.05) is 32.7 Å². The molecule has 0 aliphatic carbocycles. The van der Waals surface area contributed by atoms with E-state index in [1.165, 1.54) is 6.92 Å². The first-order valence-corrected chi connectivity index (χ1v) is 7.98. The number of hydrogen-bond donors (Lipinski definition) is 1. The molecule has 0 radical (unpaired) electrons. The van der Waals surface area contributed by atoms with Crippen LogP contribution in [0.2, 0.25) is 5.02 Å². The van der Waals surface area contributed by atoms with Crippen LogP contribution in [-0.4, -0.2) is 66.1 Å². The van der Waals surface area contributed by atoms with Gasteiger partial charge < -0.3 is 14.7 Å². The second-order valence-corrected chi connectivity index (χ2v) is 5.91. The van der Waals surface area contributed by atoms with Crippen molar-refractivity contribution >= 4 is 23.5 Å². The maximum atomic E-state index is 12.0. The summed E-state index contributed by atoms with van der Waals surface area (Å²) in [5.41, 5.74) is 0. The van der Waals surface area contributed by atoms with Gasteiger partial charge in [-0.25, -0.2) is 0 Å². The second-order valence-electron chi connectivity index (χ2n) is 5.51. The highest BCUT2D eigenvalue weighted by Crippen LogP contribution is 2.22. The molecule has 0 bridgehead atoms. The number of hydrogen-bond acceptors (Lipinski definition) is 4. The van der Waals surface area contributed by atoms with Gasteiger partial charge in [0.25, 0.3) is 0 Å². The third kappa shape index (κ3) is 4.84. The minimum Gasteiger partial charge on any atom is -0.491 e. The van der Waals surface area contributed by atoms with E-state index in [1.807, 2.05) is 18.2 Å². The maximum Gasteiger partial charge on any atom is 0.315 e. The van der Waals surface area contributed by atoms with E-state index in [-0.39, 0.29) is 5.91 Å². The van der Waals surface area contributed by atoms with Gasteiger partial charge in [0.15, 0.2) is 0 Å². The number of piperazine rings is 1. The molecule has 1 fully saturated rings. The first-order chi connectivity index (χ1) is 11.0. The predicted octanol–water partition coefficient (Wildman–Crippen LogP) is 1.58. The number of para-hydroxylation sites is 1. The zero-order chi connectivity index (χ0) is 16.8. The van der Waals surface area contributed by atoms with Crippen molar-refractivity contribution in [1.29, 1.82) is 0 Å². The highest BCUT2D eigenvalue weighted by molar-refractivity contribution is 6.32. The van der Waals surface area contributed by atoms with E-state index in [4.69, 9.17) is 21.4 Å². The van der Waals surface area contributed by atoms with Crippen LogP contribution in [0.4, 0.5) is 0 Å². The third-order valence-electron chi connectivity index (χ3n) is 3.93. The topological polar surface area (TPSA) is 70.1 Å². The van der Waals surface area contributed by atoms with Crippen LogP contribution < -0.4 is 4.74 Å². The Morgan fingerprint density at radius 1 is 1.26 bits per heavy atom. The highest BCUT2D eigenvalue weighted by atomic mass is 35.5. The Balaban J connectivity index is 1.72. The lowest BCUT2D eigenvalue weighted by Crippen LogP contribution is -2.51. The molecule has 1 amide bonds. The lowest BCUT2D eigenvalue weighted by molar-refractivity contribution is -0.151. The van der Waals surface area contributed by atoms with Gasteiger partial charge in [-0.05, 0) is 19.1 Å². The Kier molecular flexibility index (Phi) is 6.24. The SMILES string of the molecule is CC(C(=O)O)C(=O)N1CCN(CCOc2ccccc2Cl)CC1. The van der Waals surface area contributed by atoms with E-state index in [0.29, 0.717) is 43.6 Å². The number of carboxylic acid groups (broad SMARTS) is 1. The molecule has 0 spiro atoms. The zero-order valence-corrected chi connectivity index (χ0v) is 13.8. The number of rotatable bonds is 6. The highest BCUT2D eigenvalue weighted by Gasteiger charge is 2.28. The quantitative estimate of drug-likeness (QED) is 0.796. The number of nitrogens with zero attached hydrogens (tertiary/aromatic N) is 2. The summed E-state index contributed by atoms with van der Waals surface area (Å²) in [6.07, 6.45) is 0. The minimum absolute atomic E-state index is 0.315. The third-order valence-corrected chi connectivity index (χ3v) is 4.24. The average molecular weight is 341 g/mol. The van der Waals surface area contributed by atoms with Crippen molar-refractivity contribution in [2.75, 3.05) is 39.3 Å². The largest absolute Gasteiger partial charge is 0.491 e. The normalized spacial score (nSPS) is 16.9. The summed E-state index contributed by atoms with van der Waals surface area (Å²) in [6.45, 7) is 5.19. The van der Waals surface area contributed by atoms with Crippen molar-refractivity contribution in [2.45, 2.75) is 6.92 Å². The van der Waals surface area contributed by atoms with Crippen molar-refractivity contribution < 1.29 is 19.4 Å². The summed E-state index contributed by atoms with van der Waals surface area (Å²) >= 11 is 6.02. The molecule has 7 heteroatoms. The Labute approximate surface area is 140 Å². The summed E-state index contributed by atoms with van der Waals surface area (Å²) in [5, 5.41) is 9.49. The van der Waals surface area contributed by atoms with Gasteiger partial charge in [-0.3, -0.25) is 14.5 Å². The van der Waals surface area contributed by atoms with E-state index in [9.17, 15) is 9.59 Å². The van der Waals surface area contributed by atoms with Crippen LogP contribution in [-0.2, 0) is 9.59 Å². The first-order valence-electron chi connectivity index (χ1n) is 7.60. The molecule has 1 aromatic carbocycles. The standard InChI is InChI=1S/C16H21ClN2O4/c1-12(16(21)22)15(20)19-8-6-18(7-9-19)10-11-23-14-5-3-2-4-13(14)17/h2-5,12H,6-11H2,1H3,(H,21,22). The Hall–Kier alpha value is -1.79. The van der Waals surface area contributed by atoms with Gasteiger partial charge >= 0.3 is 5.97 Å². The van der Waals surface area contributed by atoms with Crippen LogP contribution in [0.1, 0.15) is 6.92 Å². The van der Waals surface area contributed by atoms with Crippen LogP contribution in [0, 0.1) is 5.92 Å². The maximum absolute atomic E-state index is 12.0. The van der Waals surface area contributed by atoms with Gasteiger partial charge in [-0.15, -0.1) is 0 Å². The molecule has 0 aromatic heterocycles. The molecule has 1 atom stereocenters. The summed E-state index contributed by atoms with van der Waals surface area (Å²) in [5.74, 6) is -1.71. The monoisotopic (exact) mass is 340 g/mol. The molecule has 1 N–H and O–H groups in total. The molecule has 126 valence electrons. The van der Waals surface area contributed by atoms with Crippen molar-refractivity contribution in [3.8, 4) is 5.75 Å². The molecule has 1 aliphatic rings. The average Bonchev–Trinajstić information content (AvgIpc) is 2.56. The minimum atomic E-state index is -1.08. The van der Waals surface area contributed by atoms with Crippen LogP contribution in [0.5, 0.6) is 5.75 Å². The summed E-state index contributed by atoms with van der Waals surface area (Å²) < 4.78 is 5.65. The number of carbonyl (C=O) groups is 2. The van der Waals surface area contributed by atoms with Gasteiger partial charge in [0.1, 0.15) is 18.3 Å². The summed E-state index contributed by atoms with van der Waals surface area (Å²) in [4.78, 5) is 26.6. The molecule has 1 heterocycles. The molecular formula is C16H21ClN2O4. The van der Waals surface area contributed by atoms with E-state index in [1.54, 1.807) is 11.0 Å². The number of halogens is 1. The van der Waals surface area contributed by atoms with Crippen molar-refractivity contribution in [3.63, 3.8) is 0 Å². The molecular weight excluding hydrogens is 320 g/mol. The van der Waals surface area contributed by atoms with Crippen LogP contribution in [0.15, 0.2) is 24.3 Å². The molecule has 2 rings (SSSR count). The Morgan fingerprint density at radius 2 is 1.91 bits per heavy atom. The van der Waals surface area contributed by atoms with Crippen LogP contribution in [0.3, 0.4) is 0 Å². The number of aliphatic carboxylic acids is 1. The number of benzene rings is 1. The number of ether oxygens (including phenoxy) is 1. The number of carbonyl (C=O) groups excluding carboxylic acids is 1. The molecule has 1 aromatic rings. The molecule has 0 saturated carbocycles. The lowest BCUT2D eigenvalue weighted by atomic mass is 10.1. The fourth-order valence-corrected chi connectivity index (χ4v) is 2.61. The molecule has 1 saturated heterocycles. The molecule has 6 nitrogen and oxygen atoms in total. The van der Waals surface area contributed by atoms with Crippen LogP contribution in [0.25, 0.3) is 0 Å². The van der Waals surface area contributed by atoms with Gasteiger partial charge in [0.2, 0.25) is 5.91 Å². The lowest BCUT2D eigenvalue weighted by Gasteiger charge is -2.35. The van der Waals surface area contributed by atoms with E-state index in [0.717, 1.165) is 6.54 Å². The van der Waals surface area contributed by atoms with Gasteiger partial charge in [0.05, 0.1) is 5.02 Å². The van der Waals surface area contributed by atoms with Crippen molar-refractivity contribution in [1.82, 2.24) is 9.80 Å². The summed E-state index contributed by atoms with van der Waals surface area (Å²) in [6, 6.07) is 7.33. The number of carboxylic acids is 1. The Morgan fingerprint density at radius 3 is 2.52 bits per heavy atom. The van der Waals surface area contributed by atoms with Gasteiger partial charge in [-0.2, -0.15) is 0 Å². The zero-order valence-electron chi connectivity index (χ0n) is 13.1. The molecule has 1 aliphatic heterocycles. The van der Waals surface area contributed by atoms with Crippen LogP contribution >= 0.6 is 11.6 Å². The molecule has 23 heavy (non-hydrogen) atoms. The van der Waals surface area contributed by atoms with E-state index in [2.05, 4.69) is 4.90 Å². The first kappa shape index (κ1) is 17.6. The second kappa shape index (κ2) is 8.17. The van der Waals surface area contributed by atoms with Crippen molar-refractivity contribution in [3.05, 3.63) is 29.3 Å². The fourth-order valence-electron chi connectivity index (χ4n) is 2.42. The number of amides is 1. The predicted molar refractivity (Wildman–Crippen MR) is 86.8 cm³/mol.